The molecular weight excluding hydrogens is 268 g/mol. The number of carbonyl (C=O) groups excluding carboxylic acids is 1. The minimum absolute atomic E-state index is 0.0318. The van der Waals surface area contributed by atoms with Gasteiger partial charge in [0.1, 0.15) is 5.75 Å². The van der Waals surface area contributed by atoms with Crippen molar-refractivity contribution in [2.24, 2.45) is 5.73 Å². The molecule has 5 nitrogen and oxygen atoms in total. The average Bonchev–Trinajstić information content (AvgIpc) is 3.28. The number of aliphatic hydroxyl groups is 1. The van der Waals surface area contributed by atoms with E-state index < -0.39 is 5.54 Å². The van der Waals surface area contributed by atoms with Crippen LogP contribution in [0, 0.1) is 0 Å². The van der Waals surface area contributed by atoms with Crippen molar-refractivity contribution in [3.05, 3.63) is 29.8 Å². The third kappa shape index (κ3) is 4.72. The molecule has 1 aromatic rings. The molecule has 0 radical (unpaired) electrons. The van der Waals surface area contributed by atoms with Gasteiger partial charge in [-0.15, -0.1) is 0 Å². The Bertz CT molecular complexity index is 471. The molecule has 0 aliphatic heterocycles. The normalized spacial score (nSPS) is 17.2. The van der Waals surface area contributed by atoms with Crippen LogP contribution in [0.3, 0.4) is 0 Å². The minimum Gasteiger partial charge on any atom is -0.494 e. The van der Waals surface area contributed by atoms with Crippen LogP contribution in [0.2, 0.25) is 0 Å². The molecule has 116 valence electrons. The number of nitrogens with two attached hydrogens (primary N) is 1. The largest absolute Gasteiger partial charge is 0.494 e. The van der Waals surface area contributed by atoms with Crippen LogP contribution in [-0.4, -0.2) is 29.2 Å². The lowest BCUT2D eigenvalue weighted by Gasteiger charge is -2.27. The van der Waals surface area contributed by atoms with Crippen LogP contribution in [0.5, 0.6) is 5.75 Å². The lowest BCUT2D eigenvalue weighted by Crippen LogP contribution is -2.54. The Morgan fingerprint density at radius 3 is 2.62 bits per heavy atom. The van der Waals surface area contributed by atoms with E-state index in [1.807, 2.05) is 31.2 Å². The molecule has 21 heavy (non-hydrogen) atoms. The fourth-order valence-corrected chi connectivity index (χ4v) is 2.25. The first-order valence-electron chi connectivity index (χ1n) is 7.44. The second kappa shape index (κ2) is 6.91. The van der Waals surface area contributed by atoms with Gasteiger partial charge in [-0.2, -0.15) is 0 Å². The van der Waals surface area contributed by atoms with Crippen LogP contribution in [0.15, 0.2) is 24.3 Å². The molecule has 0 spiro atoms. The summed E-state index contributed by atoms with van der Waals surface area (Å²) < 4.78 is 5.64. The number of amides is 1. The van der Waals surface area contributed by atoms with Gasteiger partial charge in [0.15, 0.2) is 0 Å². The zero-order valence-corrected chi connectivity index (χ0v) is 12.5. The van der Waals surface area contributed by atoms with Gasteiger partial charge < -0.3 is 20.9 Å². The molecule has 1 saturated carbocycles. The van der Waals surface area contributed by atoms with Crippen LogP contribution >= 0.6 is 0 Å². The molecule has 0 aromatic heterocycles. The first-order chi connectivity index (χ1) is 10.0. The smallest absolute Gasteiger partial charge is 0.237 e. The van der Waals surface area contributed by atoms with Crippen LogP contribution in [0.1, 0.15) is 38.2 Å². The molecule has 0 saturated heterocycles. The Kier molecular flexibility index (Phi) is 5.20. The molecule has 5 heteroatoms. The standard InChI is InChI=1S/C16H24N2O3/c1-16(15(17)20,18-13-5-6-13)9-2-10-21-14-7-3-12(11-19)4-8-14/h3-4,7-8,13,18-19H,2,5-6,9-11H2,1H3,(H2,17,20). The SMILES string of the molecule is CC(CCCOc1ccc(CO)cc1)(NC1CC1)C(N)=O. The number of hydrogen-bond acceptors (Lipinski definition) is 4. The van der Waals surface area contributed by atoms with Crippen molar-refractivity contribution in [3.63, 3.8) is 0 Å². The number of aliphatic hydroxyl groups excluding tert-OH is 1. The highest BCUT2D eigenvalue weighted by Gasteiger charge is 2.36. The van der Waals surface area contributed by atoms with E-state index >= 15 is 0 Å². The number of rotatable bonds is 9. The summed E-state index contributed by atoms with van der Waals surface area (Å²) in [4.78, 5) is 11.6. The summed E-state index contributed by atoms with van der Waals surface area (Å²) in [7, 11) is 0. The first-order valence-corrected chi connectivity index (χ1v) is 7.44. The van der Waals surface area contributed by atoms with Crippen LogP contribution in [0.25, 0.3) is 0 Å². The molecule has 1 aromatic carbocycles. The summed E-state index contributed by atoms with van der Waals surface area (Å²) in [5, 5.41) is 12.3. The van der Waals surface area contributed by atoms with Crippen molar-refractivity contribution in [1.82, 2.24) is 5.32 Å². The quantitative estimate of drug-likeness (QED) is 0.600. The second-order valence-electron chi connectivity index (χ2n) is 5.87. The molecule has 4 N–H and O–H groups in total. The van der Waals surface area contributed by atoms with E-state index in [2.05, 4.69) is 5.32 Å². The predicted octanol–water partition coefficient (Wildman–Crippen LogP) is 1.33. The predicted molar refractivity (Wildman–Crippen MR) is 80.9 cm³/mol. The molecule has 1 fully saturated rings. The number of primary amides is 1. The lowest BCUT2D eigenvalue weighted by molar-refractivity contribution is -0.124. The lowest BCUT2D eigenvalue weighted by atomic mass is 9.95. The highest BCUT2D eigenvalue weighted by Crippen LogP contribution is 2.24. The van der Waals surface area contributed by atoms with Gasteiger partial charge >= 0.3 is 0 Å². The van der Waals surface area contributed by atoms with Crippen LogP contribution in [-0.2, 0) is 11.4 Å². The Hall–Kier alpha value is -1.59. The Balaban J connectivity index is 1.75. The number of hydrogen-bond donors (Lipinski definition) is 3. The Morgan fingerprint density at radius 1 is 1.43 bits per heavy atom. The summed E-state index contributed by atoms with van der Waals surface area (Å²) >= 11 is 0. The van der Waals surface area contributed by atoms with Crippen molar-refractivity contribution in [1.29, 1.82) is 0 Å². The molecule has 1 amide bonds. The maximum Gasteiger partial charge on any atom is 0.237 e. The number of nitrogens with one attached hydrogen (secondary N) is 1. The topological polar surface area (TPSA) is 84.6 Å². The fraction of sp³-hybridized carbons (Fsp3) is 0.562. The molecular formula is C16H24N2O3. The van der Waals surface area contributed by atoms with Crippen molar-refractivity contribution in [2.75, 3.05) is 6.61 Å². The minimum atomic E-state index is -0.648. The van der Waals surface area contributed by atoms with E-state index in [9.17, 15) is 4.79 Å². The fourth-order valence-electron chi connectivity index (χ4n) is 2.25. The van der Waals surface area contributed by atoms with Crippen molar-refractivity contribution in [2.45, 2.75) is 50.8 Å². The van der Waals surface area contributed by atoms with Gasteiger partial charge in [-0.05, 0) is 50.3 Å². The maximum absolute atomic E-state index is 11.6. The Labute approximate surface area is 125 Å². The zero-order chi connectivity index (χ0) is 15.3. The molecule has 2 rings (SSSR count). The Morgan fingerprint density at radius 2 is 2.10 bits per heavy atom. The third-order valence-electron chi connectivity index (χ3n) is 3.84. The van der Waals surface area contributed by atoms with Gasteiger partial charge in [0, 0.05) is 6.04 Å². The summed E-state index contributed by atoms with van der Waals surface area (Å²) in [5.74, 6) is 0.463. The van der Waals surface area contributed by atoms with Gasteiger partial charge in [0.05, 0.1) is 18.8 Å². The van der Waals surface area contributed by atoms with Gasteiger partial charge in [0.2, 0.25) is 5.91 Å². The van der Waals surface area contributed by atoms with E-state index in [1.54, 1.807) is 0 Å². The van der Waals surface area contributed by atoms with Crippen LogP contribution in [0.4, 0.5) is 0 Å². The molecule has 1 aliphatic rings. The highest BCUT2D eigenvalue weighted by molar-refractivity contribution is 5.84. The van der Waals surface area contributed by atoms with Gasteiger partial charge in [0.25, 0.3) is 0 Å². The molecule has 0 heterocycles. The maximum atomic E-state index is 11.6. The molecule has 1 unspecified atom stereocenters. The molecule has 0 bridgehead atoms. The van der Waals surface area contributed by atoms with Crippen molar-refractivity contribution < 1.29 is 14.6 Å². The van der Waals surface area contributed by atoms with Gasteiger partial charge in [-0.3, -0.25) is 4.79 Å². The van der Waals surface area contributed by atoms with E-state index in [0.29, 0.717) is 19.1 Å². The molecule has 1 atom stereocenters. The van der Waals surface area contributed by atoms with Gasteiger partial charge in [-0.25, -0.2) is 0 Å². The second-order valence-corrected chi connectivity index (χ2v) is 5.87. The van der Waals surface area contributed by atoms with E-state index in [0.717, 1.165) is 30.6 Å². The van der Waals surface area contributed by atoms with E-state index in [-0.39, 0.29) is 12.5 Å². The number of carbonyl (C=O) groups is 1. The summed E-state index contributed by atoms with van der Waals surface area (Å²) in [6.45, 7) is 2.43. The third-order valence-corrected chi connectivity index (χ3v) is 3.84. The van der Waals surface area contributed by atoms with Crippen LogP contribution < -0.4 is 15.8 Å². The van der Waals surface area contributed by atoms with Crippen molar-refractivity contribution >= 4 is 5.91 Å². The monoisotopic (exact) mass is 292 g/mol. The van der Waals surface area contributed by atoms with E-state index in [1.165, 1.54) is 0 Å². The molecule has 1 aliphatic carbocycles. The van der Waals surface area contributed by atoms with Gasteiger partial charge in [-0.1, -0.05) is 12.1 Å². The number of benzene rings is 1. The summed E-state index contributed by atoms with van der Waals surface area (Å²) in [6.07, 6.45) is 3.65. The van der Waals surface area contributed by atoms with Crippen molar-refractivity contribution in [3.8, 4) is 5.75 Å². The average molecular weight is 292 g/mol. The highest BCUT2D eigenvalue weighted by atomic mass is 16.5. The zero-order valence-electron chi connectivity index (χ0n) is 12.5. The van der Waals surface area contributed by atoms with E-state index in [4.69, 9.17) is 15.6 Å². The number of ether oxygens (including phenoxy) is 1. The first kappa shape index (κ1) is 15.8. The summed E-state index contributed by atoms with van der Waals surface area (Å²) in [6, 6.07) is 7.77. The summed E-state index contributed by atoms with van der Waals surface area (Å²) in [5.41, 5.74) is 5.72.